The van der Waals surface area contributed by atoms with Gasteiger partial charge in [0.05, 0.1) is 9.79 Å². The minimum atomic E-state index is -4.27. The molecule has 0 aliphatic carbocycles. The maximum absolute atomic E-state index is 13.0. The van der Waals surface area contributed by atoms with Crippen molar-refractivity contribution in [3.05, 3.63) is 203 Å². The first-order valence-corrected chi connectivity index (χ1v) is 24.1. The van der Waals surface area contributed by atoms with Crippen LogP contribution < -0.4 is 30.4 Å². The number of hydrogen-bond acceptors (Lipinski definition) is 10. The number of anilines is 4. The van der Waals surface area contributed by atoms with E-state index in [-0.39, 0.29) is 33.4 Å². The van der Waals surface area contributed by atoms with Crippen LogP contribution in [-0.4, -0.2) is 49.6 Å². The van der Waals surface area contributed by atoms with E-state index in [1.165, 1.54) is 24.3 Å². The Bertz CT molecular complexity index is 3090. The van der Waals surface area contributed by atoms with Gasteiger partial charge in [-0.2, -0.15) is 0 Å². The summed E-state index contributed by atoms with van der Waals surface area (Å²) in [5.74, 6) is -1.19. The van der Waals surface area contributed by atoms with Crippen molar-refractivity contribution in [1.82, 2.24) is 0 Å². The molecule has 0 spiro atoms. The van der Waals surface area contributed by atoms with Gasteiger partial charge in [0.2, 0.25) is 0 Å². The van der Waals surface area contributed by atoms with Crippen LogP contribution in [0, 0.1) is 20.8 Å². The molecule has 0 radical (unpaired) electrons. The third-order valence-electron chi connectivity index (χ3n) is 10.1. The first kappa shape index (κ1) is 52.1. The number of nitrogens with one attached hydrogen (secondary N) is 4. The monoisotopic (exact) mass is 970 g/mol. The summed E-state index contributed by atoms with van der Waals surface area (Å²) in [5.41, 5.74) is 6.62. The Labute approximate surface area is 401 Å². The number of benzene rings is 5. The molecule has 7 rings (SSSR count). The zero-order valence-corrected chi connectivity index (χ0v) is 39.9. The summed E-state index contributed by atoms with van der Waals surface area (Å²) >= 11 is 0. The summed E-state index contributed by atoms with van der Waals surface area (Å²) in [6.07, 6.45) is 7.57. The second-order valence-corrected chi connectivity index (χ2v) is 18.1. The largest absolute Gasteiger partial charge is 0.744 e. The molecular formula is C51H50N6O10S2. The molecule has 0 saturated carbocycles. The van der Waals surface area contributed by atoms with Gasteiger partial charge in [-0.05, 0) is 143 Å². The van der Waals surface area contributed by atoms with Crippen molar-refractivity contribution >= 4 is 66.6 Å². The first-order valence-electron chi connectivity index (χ1n) is 21.3. The summed E-state index contributed by atoms with van der Waals surface area (Å²) < 4.78 is 66.3. The Hall–Kier alpha value is -7.90. The third-order valence-corrected chi connectivity index (χ3v) is 11.8. The molecule has 5 aromatic carbocycles. The van der Waals surface area contributed by atoms with Gasteiger partial charge in [-0.3, -0.25) is 19.2 Å². The third kappa shape index (κ3) is 15.9. The van der Waals surface area contributed by atoms with E-state index in [4.69, 9.17) is 0 Å². The molecule has 69 heavy (non-hydrogen) atoms. The van der Waals surface area contributed by atoms with E-state index in [2.05, 4.69) is 21.3 Å². The molecule has 4 amide bonds. The predicted octanol–water partition coefficient (Wildman–Crippen LogP) is 7.42. The van der Waals surface area contributed by atoms with E-state index in [0.717, 1.165) is 24.2 Å². The van der Waals surface area contributed by atoms with Crippen molar-refractivity contribution in [3.63, 3.8) is 0 Å². The van der Waals surface area contributed by atoms with Crippen molar-refractivity contribution < 1.29 is 54.3 Å². The summed E-state index contributed by atoms with van der Waals surface area (Å²) in [6.45, 7) is 11.0. The lowest BCUT2D eigenvalue weighted by Gasteiger charge is -2.11. The van der Waals surface area contributed by atoms with Crippen LogP contribution in [0.5, 0.6) is 0 Å². The molecule has 4 N–H and O–H groups in total. The maximum Gasteiger partial charge on any atom is 0.255 e. The molecule has 2 heterocycles. The van der Waals surface area contributed by atoms with Crippen LogP contribution in [0.3, 0.4) is 0 Å². The van der Waals surface area contributed by atoms with Gasteiger partial charge in [-0.25, -0.2) is 26.0 Å². The lowest BCUT2D eigenvalue weighted by molar-refractivity contribution is -0.693. The Morgan fingerprint density at radius 1 is 0.449 bits per heavy atom. The van der Waals surface area contributed by atoms with E-state index in [9.17, 15) is 45.1 Å². The average molecular weight is 971 g/mol. The number of aryl methyl sites for hydroxylation is 5. The minimum absolute atomic E-state index is 0.178. The standard InChI is InChI=1S/C37H34N6O4.2C7H8O3S/c1-4-42-20-6-8-31(23-42)40-34(44)26-10-15-29(16-11-26)38-36(46)28-14-19-33(25(3)22-28)37(47)39-30-17-12-27(13-18-30)35(45)41-32-9-7-21-43(5-2)24-32;2*1-6-2-4-7(5-3-6)11(8,9)10/h6-24H,4-5H2,1-3H3,(H2-2,38,39,40,41,44,45,46,47);2*2-5H,1H3,(H,8,9,10). The Kier molecular flexibility index (Phi) is 17.9. The highest BCUT2D eigenvalue weighted by molar-refractivity contribution is 7.86. The topological polar surface area (TPSA) is 239 Å². The Balaban J connectivity index is 0.000000328. The van der Waals surface area contributed by atoms with Crippen molar-refractivity contribution in [2.45, 2.75) is 57.5 Å². The SMILES string of the molecule is CC[n+]1cccc(NC(=O)c2ccc(NC(=O)c3ccc(C(=O)Nc4ccc(C(=O)Nc5ccc[n+](CC)c5)cc4)c(C)c3)cc2)c1.Cc1ccc(S(=O)(=O)[O-])cc1.Cc1ccc(S(=O)(=O)[O-])cc1. The highest BCUT2D eigenvalue weighted by Gasteiger charge is 2.15. The molecule has 7 aromatic rings. The van der Waals surface area contributed by atoms with Crippen LogP contribution in [0.4, 0.5) is 22.7 Å². The number of rotatable bonds is 12. The van der Waals surface area contributed by atoms with Crippen molar-refractivity contribution in [1.29, 1.82) is 0 Å². The molecule has 0 saturated heterocycles. The van der Waals surface area contributed by atoms with Gasteiger partial charge in [0.25, 0.3) is 23.6 Å². The quantitative estimate of drug-likeness (QED) is 0.0698. The molecule has 16 nitrogen and oxygen atoms in total. The molecule has 0 atom stereocenters. The van der Waals surface area contributed by atoms with Crippen molar-refractivity contribution in [2.24, 2.45) is 0 Å². The molecule has 356 valence electrons. The summed E-state index contributed by atoms with van der Waals surface area (Å²) in [6, 6.07) is 37.0. The average Bonchev–Trinajstić information content (AvgIpc) is 3.32. The van der Waals surface area contributed by atoms with Crippen LogP contribution in [0.25, 0.3) is 0 Å². The molecular weight excluding hydrogens is 921 g/mol. The highest BCUT2D eigenvalue weighted by Crippen LogP contribution is 2.19. The number of pyridine rings is 2. The zero-order valence-electron chi connectivity index (χ0n) is 38.3. The first-order chi connectivity index (χ1) is 32.7. The molecule has 0 fully saturated rings. The fraction of sp³-hybridized carbons (Fsp3) is 0.137. The van der Waals surface area contributed by atoms with Gasteiger partial charge in [0, 0.05) is 45.8 Å². The van der Waals surface area contributed by atoms with Gasteiger partial charge in [0.15, 0.2) is 24.8 Å². The molecule has 0 aliphatic heterocycles. The number of aromatic nitrogens is 2. The fourth-order valence-corrected chi connectivity index (χ4v) is 7.21. The lowest BCUT2D eigenvalue weighted by Crippen LogP contribution is -2.31. The van der Waals surface area contributed by atoms with Crippen LogP contribution >= 0.6 is 0 Å². The highest BCUT2D eigenvalue weighted by atomic mass is 32.2. The van der Waals surface area contributed by atoms with Crippen LogP contribution in [0.1, 0.15) is 72.0 Å². The van der Waals surface area contributed by atoms with Gasteiger partial charge in [0.1, 0.15) is 44.7 Å². The van der Waals surface area contributed by atoms with Crippen LogP contribution in [-0.2, 0) is 33.3 Å². The van der Waals surface area contributed by atoms with Gasteiger partial charge in [-0.15, -0.1) is 0 Å². The molecule has 0 bridgehead atoms. The van der Waals surface area contributed by atoms with E-state index >= 15 is 0 Å². The van der Waals surface area contributed by atoms with E-state index in [1.54, 1.807) is 97.9 Å². The number of amides is 4. The van der Waals surface area contributed by atoms with Gasteiger partial charge < -0.3 is 30.4 Å². The molecule has 0 aliphatic rings. The van der Waals surface area contributed by atoms with E-state index in [0.29, 0.717) is 50.6 Å². The summed E-state index contributed by atoms with van der Waals surface area (Å²) in [7, 11) is -8.54. The number of carbonyl (C=O) groups excluding carboxylic acids is 4. The van der Waals surface area contributed by atoms with Crippen LogP contribution in [0.15, 0.2) is 174 Å². The summed E-state index contributed by atoms with van der Waals surface area (Å²) in [5, 5.41) is 11.4. The van der Waals surface area contributed by atoms with Gasteiger partial charge in [-0.1, -0.05) is 35.4 Å². The number of nitrogens with zero attached hydrogens (tertiary/aromatic N) is 2. The van der Waals surface area contributed by atoms with Crippen molar-refractivity contribution in [3.8, 4) is 0 Å². The normalized spacial score (nSPS) is 10.8. The lowest BCUT2D eigenvalue weighted by atomic mass is 10.0. The van der Waals surface area contributed by atoms with Gasteiger partial charge >= 0.3 is 0 Å². The minimum Gasteiger partial charge on any atom is -0.744 e. The van der Waals surface area contributed by atoms with Crippen molar-refractivity contribution in [2.75, 3.05) is 21.3 Å². The van der Waals surface area contributed by atoms with E-state index in [1.807, 2.05) is 85.9 Å². The van der Waals surface area contributed by atoms with Crippen LogP contribution in [0.2, 0.25) is 0 Å². The molecule has 2 aromatic heterocycles. The summed E-state index contributed by atoms with van der Waals surface area (Å²) in [4.78, 5) is 51.0. The number of carbonyl (C=O) groups is 4. The smallest absolute Gasteiger partial charge is 0.255 e. The second-order valence-electron chi connectivity index (χ2n) is 15.4. The second kappa shape index (κ2) is 23.7. The maximum atomic E-state index is 13.0. The van der Waals surface area contributed by atoms with E-state index < -0.39 is 20.2 Å². The molecule has 0 unspecified atom stereocenters. The predicted molar refractivity (Wildman–Crippen MR) is 259 cm³/mol. The zero-order chi connectivity index (χ0) is 50.3. The fourth-order valence-electron chi connectivity index (χ4n) is 6.27. The molecule has 18 heteroatoms. The Morgan fingerprint density at radius 3 is 1.16 bits per heavy atom. The Morgan fingerprint density at radius 2 is 0.797 bits per heavy atom. The number of hydrogen-bond donors (Lipinski definition) is 4.